The van der Waals surface area contributed by atoms with Gasteiger partial charge in [-0.15, -0.1) is 0 Å². The van der Waals surface area contributed by atoms with E-state index in [1.54, 1.807) is 41.3 Å². The van der Waals surface area contributed by atoms with E-state index in [-0.39, 0.29) is 23.6 Å². The number of carbonyl (C=O) groups is 2. The Kier molecular flexibility index (Phi) is 7.17. The zero-order valence-electron chi connectivity index (χ0n) is 19.1. The third-order valence-corrected chi connectivity index (χ3v) is 6.11. The second kappa shape index (κ2) is 10.3. The fourth-order valence-electron chi connectivity index (χ4n) is 3.96. The number of aromatic hydroxyl groups is 1. The molecule has 2 aromatic carbocycles. The highest BCUT2D eigenvalue weighted by atomic mass is 35.5. The summed E-state index contributed by atoms with van der Waals surface area (Å²) < 4.78 is 6.01. The number of likely N-dealkylation sites (tertiary alicyclic amines) is 1. The summed E-state index contributed by atoms with van der Waals surface area (Å²) in [6.07, 6.45) is 1.37. The summed E-state index contributed by atoms with van der Waals surface area (Å²) >= 11 is 5.92. The zero-order chi connectivity index (χ0) is 24.2. The van der Waals surface area contributed by atoms with Gasteiger partial charge in [0.15, 0.2) is 5.69 Å². The number of rotatable bonds is 6. The highest BCUT2D eigenvalue weighted by Crippen LogP contribution is 2.23. The molecule has 0 radical (unpaired) electrons. The third-order valence-electron chi connectivity index (χ3n) is 5.86. The fourth-order valence-corrected chi connectivity index (χ4v) is 4.09. The minimum atomic E-state index is -0.756. The van der Waals surface area contributed by atoms with Crippen LogP contribution >= 0.6 is 11.6 Å². The van der Waals surface area contributed by atoms with E-state index in [4.69, 9.17) is 16.3 Å². The molecule has 8 nitrogen and oxygen atoms in total. The molecule has 9 heteroatoms. The maximum Gasteiger partial charge on any atom is 0.276 e. The smallest absolute Gasteiger partial charge is 0.276 e. The van der Waals surface area contributed by atoms with Crippen molar-refractivity contribution in [2.75, 3.05) is 13.1 Å². The number of hydrogen-bond donors (Lipinski definition) is 2. The highest BCUT2D eigenvalue weighted by Gasteiger charge is 2.33. The largest absolute Gasteiger partial charge is 0.492 e. The van der Waals surface area contributed by atoms with Crippen LogP contribution in [0.15, 0.2) is 48.5 Å². The Hall–Kier alpha value is -3.39. The van der Waals surface area contributed by atoms with Crippen molar-refractivity contribution in [2.45, 2.75) is 38.8 Å². The molecule has 1 saturated heterocycles. The molecule has 2 N–H and O–H groups in total. The Morgan fingerprint density at radius 3 is 2.29 bits per heavy atom. The summed E-state index contributed by atoms with van der Waals surface area (Å²) in [6.45, 7) is 4.78. The van der Waals surface area contributed by atoms with Crippen molar-refractivity contribution < 1.29 is 19.4 Å². The van der Waals surface area contributed by atoms with Crippen molar-refractivity contribution in [3.63, 3.8) is 0 Å². The quantitative estimate of drug-likeness (QED) is 0.553. The number of amides is 2. The first kappa shape index (κ1) is 23.8. The summed E-state index contributed by atoms with van der Waals surface area (Å²) in [6, 6.07) is 13.4. The Labute approximate surface area is 202 Å². The van der Waals surface area contributed by atoms with Gasteiger partial charge in [0.1, 0.15) is 17.9 Å². The van der Waals surface area contributed by atoms with Gasteiger partial charge < -0.3 is 20.1 Å². The van der Waals surface area contributed by atoms with E-state index < -0.39 is 17.8 Å². The van der Waals surface area contributed by atoms with Crippen molar-refractivity contribution >= 4 is 34.4 Å². The molecule has 0 saturated carbocycles. The molecule has 34 heavy (non-hydrogen) atoms. The molecule has 4 rings (SSSR count). The Morgan fingerprint density at radius 1 is 1.06 bits per heavy atom. The van der Waals surface area contributed by atoms with Crippen LogP contribution in [0, 0.1) is 5.92 Å². The number of piperidine rings is 1. The molecule has 1 aromatic heterocycles. The highest BCUT2D eigenvalue weighted by molar-refractivity contribution is 6.30. The van der Waals surface area contributed by atoms with Gasteiger partial charge in [0.25, 0.3) is 5.91 Å². The van der Waals surface area contributed by atoms with Crippen LogP contribution in [0.2, 0.25) is 5.02 Å². The average molecular weight is 483 g/mol. The van der Waals surface area contributed by atoms with E-state index in [1.807, 2.05) is 26.0 Å². The standard InChI is InChI=1S/C25H27ClN4O4/c1-15(2)21(29-24(32)22-23(31)28-20-6-4-3-5-19(20)27-22)25(33)30-13-11-18(12-14-30)34-17-9-7-16(26)8-10-17/h3-10,15,18,21H,11-14H2,1-2H3,(H,28,31)(H,29,32)/t21-/m0/s1. The van der Waals surface area contributed by atoms with Gasteiger partial charge in [-0.3, -0.25) is 9.59 Å². The van der Waals surface area contributed by atoms with Crippen LogP contribution in [0.25, 0.3) is 11.0 Å². The predicted molar refractivity (Wildman–Crippen MR) is 129 cm³/mol. The Morgan fingerprint density at radius 2 is 1.68 bits per heavy atom. The van der Waals surface area contributed by atoms with E-state index in [1.165, 1.54) is 0 Å². The van der Waals surface area contributed by atoms with Gasteiger partial charge in [0.05, 0.1) is 11.0 Å². The molecule has 1 aliphatic heterocycles. The lowest BCUT2D eigenvalue weighted by Gasteiger charge is -2.35. The molecule has 1 fully saturated rings. The summed E-state index contributed by atoms with van der Waals surface area (Å²) in [5, 5.41) is 13.6. The lowest BCUT2D eigenvalue weighted by molar-refractivity contribution is -0.136. The van der Waals surface area contributed by atoms with Crippen LogP contribution in [0.1, 0.15) is 37.2 Å². The van der Waals surface area contributed by atoms with Crippen LogP contribution in [0.5, 0.6) is 11.6 Å². The summed E-state index contributed by atoms with van der Waals surface area (Å²) in [5.74, 6) is -0.676. The number of carbonyl (C=O) groups excluding carboxylic acids is 2. The molecule has 1 atom stereocenters. The van der Waals surface area contributed by atoms with Gasteiger partial charge in [0.2, 0.25) is 11.8 Å². The van der Waals surface area contributed by atoms with E-state index >= 15 is 0 Å². The first-order chi connectivity index (χ1) is 16.3. The number of hydrogen-bond acceptors (Lipinski definition) is 6. The number of para-hydroxylation sites is 2. The predicted octanol–water partition coefficient (Wildman–Crippen LogP) is 3.81. The van der Waals surface area contributed by atoms with Gasteiger partial charge in [-0.05, 0) is 42.3 Å². The van der Waals surface area contributed by atoms with Crippen molar-refractivity contribution in [3.8, 4) is 11.6 Å². The van der Waals surface area contributed by atoms with E-state index in [0.29, 0.717) is 42.0 Å². The summed E-state index contributed by atoms with van der Waals surface area (Å²) in [4.78, 5) is 36.2. The van der Waals surface area contributed by atoms with E-state index in [9.17, 15) is 14.7 Å². The van der Waals surface area contributed by atoms with Crippen LogP contribution in [-0.4, -0.2) is 57.0 Å². The minimum Gasteiger partial charge on any atom is -0.492 e. The van der Waals surface area contributed by atoms with Gasteiger partial charge in [-0.1, -0.05) is 37.6 Å². The number of ether oxygens (including phenoxy) is 1. The number of nitrogens with one attached hydrogen (secondary N) is 1. The van der Waals surface area contributed by atoms with Gasteiger partial charge in [-0.25, -0.2) is 9.97 Å². The number of fused-ring (bicyclic) bond motifs is 1. The van der Waals surface area contributed by atoms with Crippen molar-refractivity contribution in [1.29, 1.82) is 0 Å². The third kappa shape index (κ3) is 5.39. The second-order valence-electron chi connectivity index (χ2n) is 8.68. The topological polar surface area (TPSA) is 105 Å². The number of halogens is 1. The van der Waals surface area contributed by atoms with Crippen molar-refractivity contribution in [2.24, 2.45) is 5.92 Å². The SMILES string of the molecule is CC(C)[C@H](NC(=O)c1nc2ccccc2nc1O)C(=O)N1CCC(Oc2ccc(Cl)cc2)CC1. The van der Waals surface area contributed by atoms with Crippen molar-refractivity contribution in [3.05, 3.63) is 59.2 Å². The maximum absolute atomic E-state index is 13.3. The van der Waals surface area contributed by atoms with Crippen LogP contribution in [0.3, 0.4) is 0 Å². The first-order valence-corrected chi connectivity index (χ1v) is 11.7. The molecule has 0 unspecified atom stereocenters. The summed E-state index contributed by atoms with van der Waals surface area (Å²) in [7, 11) is 0. The fraction of sp³-hybridized carbons (Fsp3) is 0.360. The minimum absolute atomic E-state index is 0.00198. The number of benzene rings is 2. The Balaban J connectivity index is 1.39. The zero-order valence-corrected chi connectivity index (χ0v) is 19.8. The average Bonchev–Trinajstić information content (AvgIpc) is 2.83. The molecule has 3 aromatic rings. The van der Waals surface area contributed by atoms with Crippen LogP contribution in [0.4, 0.5) is 0 Å². The molecular formula is C25H27ClN4O4. The first-order valence-electron chi connectivity index (χ1n) is 11.3. The lowest BCUT2D eigenvalue weighted by atomic mass is 10.00. The van der Waals surface area contributed by atoms with Gasteiger partial charge >= 0.3 is 0 Å². The normalized spacial score (nSPS) is 15.4. The van der Waals surface area contributed by atoms with Crippen LogP contribution in [-0.2, 0) is 4.79 Å². The molecule has 0 bridgehead atoms. The maximum atomic E-state index is 13.3. The lowest BCUT2D eigenvalue weighted by Crippen LogP contribution is -2.53. The number of nitrogens with zero attached hydrogens (tertiary/aromatic N) is 3. The van der Waals surface area contributed by atoms with E-state index in [0.717, 1.165) is 5.75 Å². The van der Waals surface area contributed by atoms with E-state index in [2.05, 4.69) is 15.3 Å². The molecule has 0 spiro atoms. The molecule has 0 aliphatic carbocycles. The Bertz CT molecular complexity index is 1180. The molecule has 2 heterocycles. The number of aromatic nitrogens is 2. The molecule has 1 aliphatic rings. The molecular weight excluding hydrogens is 456 g/mol. The monoisotopic (exact) mass is 482 g/mol. The summed E-state index contributed by atoms with van der Waals surface area (Å²) in [5.41, 5.74) is 0.768. The second-order valence-corrected chi connectivity index (χ2v) is 9.11. The molecule has 178 valence electrons. The van der Waals surface area contributed by atoms with Gasteiger partial charge in [-0.2, -0.15) is 0 Å². The van der Waals surface area contributed by atoms with Crippen molar-refractivity contribution in [1.82, 2.24) is 20.2 Å². The molecule has 2 amide bonds. The van der Waals surface area contributed by atoms with Crippen LogP contribution < -0.4 is 10.1 Å². The van der Waals surface area contributed by atoms with Gasteiger partial charge in [0, 0.05) is 31.0 Å².